The SMILES string of the molecule is COc1cccc(/C(O)=C2\C(=O)C(=O)N(Cc3ccc(C(=O)O)cc3)C2c2cccc(OC)c2)c1. The molecule has 0 radical (unpaired) electrons. The number of aliphatic hydroxyl groups is 1. The van der Waals surface area contributed by atoms with Crippen LogP contribution >= 0.6 is 0 Å². The molecular formula is C27H23NO7. The summed E-state index contributed by atoms with van der Waals surface area (Å²) in [5.41, 5.74) is 1.60. The molecule has 2 N–H and O–H groups in total. The highest BCUT2D eigenvalue weighted by molar-refractivity contribution is 6.46. The van der Waals surface area contributed by atoms with E-state index in [0.717, 1.165) is 0 Å². The van der Waals surface area contributed by atoms with Crippen molar-refractivity contribution in [2.24, 2.45) is 0 Å². The number of ketones is 1. The van der Waals surface area contributed by atoms with Gasteiger partial charge in [-0.05, 0) is 47.5 Å². The Balaban J connectivity index is 1.84. The summed E-state index contributed by atoms with van der Waals surface area (Å²) in [5.74, 6) is -1.96. The smallest absolute Gasteiger partial charge is 0.335 e. The fourth-order valence-electron chi connectivity index (χ4n) is 4.08. The maximum absolute atomic E-state index is 13.2. The largest absolute Gasteiger partial charge is 0.507 e. The molecule has 3 aromatic carbocycles. The molecule has 3 aromatic rings. The minimum atomic E-state index is -1.06. The molecule has 1 saturated heterocycles. The molecule has 0 bridgehead atoms. The third-order valence-electron chi connectivity index (χ3n) is 5.85. The molecule has 0 aromatic heterocycles. The fourth-order valence-corrected chi connectivity index (χ4v) is 4.08. The highest BCUT2D eigenvalue weighted by Gasteiger charge is 2.46. The Morgan fingerprint density at radius 3 is 2.11 bits per heavy atom. The van der Waals surface area contributed by atoms with Crippen LogP contribution in [0.25, 0.3) is 5.76 Å². The lowest BCUT2D eigenvalue weighted by molar-refractivity contribution is -0.140. The summed E-state index contributed by atoms with van der Waals surface area (Å²) in [5, 5.41) is 20.4. The first-order valence-electron chi connectivity index (χ1n) is 10.7. The van der Waals surface area contributed by atoms with Crippen LogP contribution in [0.15, 0.2) is 78.4 Å². The fraction of sp³-hybridized carbons (Fsp3) is 0.148. The Bertz CT molecular complexity index is 1330. The average molecular weight is 473 g/mol. The first-order chi connectivity index (χ1) is 16.8. The summed E-state index contributed by atoms with van der Waals surface area (Å²) in [4.78, 5) is 38.9. The van der Waals surface area contributed by atoms with Crippen molar-refractivity contribution < 1.29 is 34.1 Å². The van der Waals surface area contributed by atoms with Gasteiger partial charge in [0.25, 0.3) is 11.7 Å². The molecule has 4 rings (SSSR count). The van der Waals surface area contributed by atoms with Gasteiger partial charge in [0.2, 0.25) is 0 Å². The highest BCUT2D eigenvalue weighted by atomic mass is 16.5. The Morgan fingerprint density at radius 2 is 1.49 bits per heavy atom. The number of Topliss-reactive ketones (excluding diaryl/α,β-unsaturated/α-hetero) is 1. The van der Waals surface area contributed by atoms with Gasteiger partial charge >= 0.3 is 5.97 Å². The number of carboxylic acid groups (broad SMARTS) is 1. The number of hydrogen-bond donors (Lipinski definition) is 2. The number of amides is 1. The van der Waals surface area contributed by atoms with E-state index in [4.69, 9.17) is 14.6 Å². The van der Waals surface area contributed by atoms with Gasteiger partial charge in [0.1, 0.15) is 17.3 Å². The molecule has 1 unspecified atom stereocenters. The molecule has 35 heavy (non-hydrogen) atoms. The van der Waals surface area contributed by atoms with E-state index in [1.54, 1.807) is 60.7 Å². The van der Waals surface area contributed by atoms with Crippen LogP contribution in [-0.2, 0) is 16.1 Å². The van der Waals surface area contributed by atoms with Crippen molar-refractivity contribution in [3.63, 3.8) is 0 Å². The summed E-state index contributed by atoms with van der Waals surface area (Å²) in [6.07, 6.45) is 0. The van der Waals surface area contributed by atoms with E-state index in [2.05, 4.69) is 0 Å². The van der Waals surface area contributed by atoms with Crippen molar-refractivity contribution in [3.05, 3.63) is 101 Å². The number of hydrogen-bond acceptors (Lipinski definition) is 6. The predicted octanol–water partition coefficient (Wildman–Crippen LogP) is 4.02. The first-order valence-corrected chi connectivity index (χ1v) is 10.7. The van der Waals surface area contributed by atoms with Gasteiger partial charge in [-0.3, -0.25) is 9.59 Å². The van der Waals surface area contributed by atoms with Crippen molar-refractivity contribution in [2.75, 3.05) is 14.2 Å². The zero-order valence-electron chi connectivity index (χ0n) is 19.1. The number of benzene rings is 3. The van der Waals surface area contributed by atoms with Crippen molar-refractivity contribution in [1.82, 2.24) is 4.90 Å². The highest BCUT2D eigenvalue weighted by Crippen LogP contribution is 2.41. The summed E-state index contributed by atoms with van der Waals surface area (Å²) in [7, 11) is 3.00. The van der Waals surface area contributed by atoms with E-state index in [-0.39, 0.29) is 23.4 Å². The number of nitrogens with zero attached hydrogens (tertiary/aromatic N) is 1. The average Bonchev–Trinajstić information content (AvgIpc) is 3.13. The third-order valence-corrected chi connectivity index (χ3v) is 5.85. The Labute approximate surface area is 201 Å². The number of methoxy groups -OCH3 is 2. The summed E-state index contributed by atoms with van der Waals surface area (Å²) >= 11 is 0. The van der Waals surface area contributed by atoms with Crippen LogP contribution in [0.1, 0.15) is 33.1 Å². The molecule has 1 aliphatic rings. The van der Waals surface area contributed by atoms with Gasteiger partial charge in [-0.2, -0.15) is 0 Å². The van der Waals surface area contributed by atoms with Gasteiger partial charge < -0.3 is 24.6 Å². The van der Waals surface area contributed by atoms with Crippen molar-refractivity contribution in [3.8, 4) is 11.5 Å². The number of carboxylic acids is 1. The number of rotatable bonds is 7. The zero-order valence-corrected chi connectivity index (χ0v) is 19.1. The number of aromatic carboxylic acids is 1. The lowest BCUT2D eigenvalue weighted by Gasteiger charge is -2.26. The normalized spacial score (nSPS) is 16.9. The second kappa shape index (κ2) is 9.72. The van der Waals surface area contributed by atoms with Gasteiger partial charge in [-0.25, -0.2) is 4.79 Å². The van der Waals surface area contributed by atoms with E-state index < -0.39 is 23.7 Å². The Kier molecular flexibility index (Phi) is 6.55. The second-order valence-electron chi connectivity index (χ2n) is 7.94. The molecule has 1 amide bonds. The quantitative estimate of drug-likeness (QED) is 0.303. The van der Waals surface area contributed by atoms with E-state index in [1.165, 1.54) is 31.3 Å². The Morgan fingerprint density at radius 1 is 0.857 bits per heavy atom. The summed E-state index contributed by atoms with van der Waals surface area (Å²) in [6, 6.07) is 18.7. The zero-order chi connectivity index (χ0) is 25.1. The van der Waals surface area contributed by atoms with E-state index in [0.29, 0.717) is 28.2 Å². The third kappa shape index (κ3) is 4.59. The van der Waals surface area contributed by atoms with Crippen LogP contribution in [0.5, 0.6) is 11.5 Å². The van der Waals surface area contributed by atoms with Gasteiger partial charge in [-0.15, -0.1) is 0 Å². The van der Waals surface area contributed by atoms with E-state index in [9.17, 15) is 19.5 Å². The summed E-state index contributed by atoms with van der Waals surface area (Å²) in [6.45, 7) is 0.0290. The van der Waals surface area contributed by atoms with E-state index in [1.807, 2.05) is 0 Å². The van der Waals surface area contributed by atoms with E-state index >= 15 is 0 Å². The molecule has 0 aliphatic carbocycles. The number of ether oxygens (including phenoxy) is 2. The number of likely N-dealkylation sites (tertiary alicyclic amines) is 1. The Hall–Kier alpha value is -4.59. The predicted molar refractivity (Wildman–Crippen MR) is 127 cm³/mol. The standard InChI is InChI=1S/C27H23NO7/c1-34-20-7-3-5-18(13-20)23-22(24(29)19-6-4-8-21(14-19)35-2)25(30)26(31)28(23)15-16-9-11-17(12-10-16)27(32)33/h3-14,23,29H,15H2,1-2H3,(H,32,33)/b24-22+. The molecule has 8 heteroatoms. The molecule has 0 spiro atoms. The molecule has 8 nitrogen and oxygen atoms in total. The van der Waals surface area contributed by atoms with Crippen LogP contribution in [0.3, 0.4) is 0 Å². The number of carbonyl (C=O) groups is 3. The molecule has 1 aliphatic heterocycles. The molecular weight excluding hydrogens is 450 g/mol. The lowest BCUT2D eigenvalue weighted by Crippen LogP contribution is -2.29. The van der Waals surface area contributed by atoms with Crippen LogP contribution in [0, 0.1) is 0 Å². The van der Waals surface area contributed by atoms with Gasteiger partial charge in [-0.1, -0.05) is 36.4 Å². The van der Waals surface area contributed by atoms with Gasteiger partial charge in [0.15, 0.2) is 0 Å². The lowest BCUT2D eigenvalue weighted by atomic mass is 9.95. The monoisotopic (exact) mass is 473 g/mol. The number of aliphatic hydroxyl groups excluding tert-OH is 1. The van der Waals surface area contributed by atoms with Crippen molar-refractivity contribution in [2.45, 2.75) is 12.6 Å². The van der Waals surface area contributed by atoms with Gasteiger partial charge in [0.05, 0.1) is 31.4 Å². The first kappa shape index (κ1) is 23.6. The van der Waals surface area contributed by atoms with Crippen molar-refractivity contribution in [1.29, 1.82) is 0 Å². The van der Waals surface area contributed by atoms with Crippen LogP contribution in [0.2, 0.25) is 0 Å². The van der Waals surface area contributed by atoms with Crippen molar-refractivity contribution >= 4 is 23.4 Å². The summed E-state index contributed by atoms with van der Waals surface area (Å²) < 4.78 is 10.6. The van der Waals surface area contributed by atoms with Gasteiger partial charge in [0, 0.05) is 12.1 Å². The minimum Gasteiger partial charge on any atom is -0.507 e. The second-order valence-corrected chi connectivity index (χ2v) is 7.94. The van der Waals surface area contributed by atoms with Crippen LogP contribution in [0.4, 0.5) is 0 Å². The molecule has 1 fully saturated rings. The molecule has 1 heterocycles. The molecule has 1 atom stereocenters. The topological polar surface area (TPSA) is 113 Å². The molecule has 0 saturated carbocycles. The minimum absolute atomic E-state index is 0.0290. The van der Waals surface area contributed by atoms with Crippen LogP contribution < -0.4 is 9.47 Å². The molecule has 178 valence electrons. The maximum atomic E-state index is 13.2. The van der Waals surface area contributed by atoms with Crippen LogP contribution in [-0.4, -0.2) is 47.0 Å². The maximum Gasteiger partial charge on any atom is 0.335 e. The number of carbonyl (C=O) groups excluding carboxylic acids is 2.